The number of esters is 3. The van der Waals surface area contributed by atoms with Gasteiger partial charge in [-0.05, 0) is 69.2 Å². The van der Waals surface area contributed by atoms with Crippen LogP contribution in [0.25, 0.3) is 0 Å². The van der Waals surface area contributed by atoms with Crippen LogP contribution >= 0.6 is 0 Å². The fraction of sp³-hybridized carbons (Fsp3) is 0.839. The predicted octanol–water partition coefficient (Wildman–Crippen LogP) is 1.67. The largest absolute Gasteiger partial charge is 0.481 e. The zero-order valence-electron chi connectivity index (χ0n) is 28.6. The van der Waals surface area contributed by atoms with E-state index in [1.807, 2.05) is 14.7 Å². The van der Waals surface area contributed by atoms with Gasteiger partial charge in [-0.15, -0.1) is 0 Å². The lowest BCUT2D eigenvalue weighted by atomic mass is 10.1. The summed E-state index contributed by atoms with van der Waals surface area (Å²) in [5, 5.41) is 9.54. The Kier molecular flexibility index (Phi) is 15.4. The van der Waals surface area contributed by atoms with Crippen LogP contribution in [0.1, 0.15) is 75.7 Å². The third-order valence-corrected chi connectivity index (χ3v) is 6.47. The van der Waals surface area contributed by atoms with Crippen molar-refractivity contribution in [1.82, 2.24) is 19.6 Å². The Bertz CT molecular complexity index is 936. The van der Waals surface area contributed by atoms with Gasteiger partial charge in [0.25, 0.3) is 0 Å². The molecule has 0 aromatic rings. The molecule has 0 saturated carbocycles. The Labute approximate surface area is 263 Å². The molecule has 0 aromatic carbocycles. The Morgan fingerprint density at radius 2 is 0.841 bits per heavy atom. The summed E-state index contributed by atoms with van der Waals surface area (Å²) in [6.07, 6.45) is -0.364. The number of rotatable bonds is 10. The van der Waals surface area contributed by atoms with Gasteiger partial charge in [0, 0.05) is 52.4 Å². The summed E-state index contributed by atoms with van der Waals surface area (Å²) >= 11 is 0. The lowest BCUT2D eigenvalue weighted by Gasteiger charge is -2.36. The average Bonchev–Trinajstić information content (AvgIpc) is 2.79. The summed E-state index contributed by atoms with van der Waals surface area (Å²) in [5.41, 5.74) is -1.99. The Morgan fingerprint density at radius 1 is 0.568 bits per heavy atom. The third-order valence-electron chi connectivity index (χ3n) is 6.47. The molecule has 1 aliphatic rings. The van der Waals surface area contributed by atoms with Crippen molar-refractivity contribution in [1.29, 1.82) is 0 Å². The summed E-state index contributed by atoms with van der Waals surface area (Å²) < 4.78 is 16.6. The molecule has 1 unspecified atom stereocenters. The minimum Gasteiger partial charge on any atom is -0.481 e. The van der Waals surface area contributed by atoms with E-state index in [2.05, 4.69) is 0 Å². The maximum atomic E-state index is 12.8. The topological polar surface area (TPSA) is 146 Å². The van der Waals surface area contributed by atoms with Crippen molar-refractivity contribution in [2.75, 3.05) is 72.0 Å². The molecule has 1 rings (SSSR count). The van der Waals surface area contributed by atoms with Crippen LogP contribution in [0.3, 0.4) is 0 Å². The van der Waals surface area contributed by atoms with Crippen LogP contribution in [0.4, 0.5) is 0 Å². The molecule has 0 aromatic heterocycles. The molecule has 1 N–H and O–H groups in total. The number of carbonyl (C=O) groups is 5. The Hall–Kier alpha value is -2.61. The second kappa shape index (κ2) is 17.2. The number of ether oxygens (including phenoxy) is 3. The molecule has 1 aliphatic heterocycles. The van der Waals surface area contributed by atoms with Crippen LogP contribution < -0.4 is 0 Å². The van der Waals surface area contributed by atoms with Gasteiger partial charge in [0.05, 0.1) is 32.1 Å². The quantitative estimate of drug-likeness (QED) is 0.277. The zero-order valence-corrected chi connectivity index (χ0v) is 28.6. The summed E-state index contributed by atoms with van der Waals surface area (Å²) in [5.74, 6) is -2.57. The van der Waals surface area contributed by atoms with Crippen molar-refractivity contribution in [3.63, 3.8) is 0 Å². The van der Waals surface area contributed by atoms with E-state index in [-0.39, 0.29) is 37.8 Å². The number of aliphatic carboxylic acids is 1. The van der Waals surface area contributed by atoms with Crippen molar-refractivity contribution >= 4 is 29.7 Å². The number of ketones is 1. The number of hydrogen-bond donors (Lipinski definition) is 1. The van der Waals surface area contributed by atoms with Crippen LogP contribution in [0.2, 0.25) is 0 Å². The monoisotopic (exact) mass is 628 g/mol. The van der Waals surface area contributed by atoms with E-state index in [1.54, 1.807) is 67.2 Å². The molecular formula is C31H56N4O9. The SMILES string of the molecule is CC(=O)C(CC(=O)O)N1CCN(CC(=O)OC(C)(C)C)CCN(CC(=O)OC(C)(C)C)CCN(CC(=O)OC(C)(C)C)CC1. The number of carboxylic acid groups (broad SMARTS) is 1. The molecule has 1 fully saturated rings. The van der Waals surface area contributed by atoms with Crippen LogP contribution in [-0.2, 0) is 38.2 Å². The molecule has 1 atom stereocenters. The van der Waals surface area contributed by atoms with Crippen molar-refractivity contribution in [3.8, 4) is 0 Å². The summed E-state index contributed by atoms with van der Waals surface area (Å²) in [6.45, 7) is 20.4. The van der Waals surface area contributed by atoms with Gasteiger partial charge in [-0.3, -0.25) is 43.6 Å². The van der Waals surface area contributed by atoms with E-state index in [0.29, 0.717) is 52.4 Å². The molecule has 13 heteroatoms. The number of nitrogens with zero attached hydrogens (tertiary/aromatic N) is 4. The molecule has 0 amide bonds. The highest BCUT2D eigenvalue weighted by Gasteiger charge is 2.29. The van der Waals surface area contributed by atoms with Gasteiger partial charge in [-0.2, -0.15) is 0 Å². The highest BCUT2D eigenvalue weighted by Crippen LogP contribution is 2.13. The number of carbonyl (C=O) groups excluding carboxylic acids is 4. The highest BCUT2D eigenvalue weighted by atomic mass is 16.6. The molecule has 0 aliphatic carbocycles. The van der Waals surface area contributed by atoms with E-state index < -0.39 is 40.8 Å². The predicted molar refractivity (Wildman–Crippen MR) is 165 cm³/mol. The van der Waals surface area contributed by atoms with Crippen molar-refractivity contribution < 1.29 is 43.3 Å². The maximum Gasteiger partial charge on any atom is 0.320 e. The fourth-order valence-corrected chi connectivity index (χ4v) is 4.70. The first-order valence-electron chi connectivity index (χ1n) is 15.3. The van der Waals surface area contributed by atoms with E-state index in [9.17, 15) is 29.1 Å². The third kappa shape index (κ3) is 18.3. The maximum absolute atomic E-state index is 12.8. The summed E-state index contributed by atoms with van der Waals surface area (Å²) in [7, 11) is 0. The standard InChI is InChI=1S/C31H56N4O9/c1-23(36)24(19-25(37)38)35-17-15-33(21-27(40)43-30(5,6)7)13-11-32(20-26(39)42-29(2,3)4)12-14-34(16-18-35)22-28(41)44-31(8,9)10/h24H,11-22H2,1-10H3,(H,37,38). The first kappa shape index (κ1) is 39.4. The number of Topliss-reactive ketones (excluding diaryl/α,β-unsaturated/α-hetero) is 1. The Morgan fingerprint density at radius 3 is 1.07 bits per heavy atom. The second-order valence-electron chi connectivity index (χ2n) is 14.3. The number of carboxylic acids is 1. The molecule has 0 spiro atoms. The minimum absolute atomic E-state index is 0.0141. The average molecular weight is 629 g/mol. The summed E-state index contributed by atoms with van der Waals surface area (Å²) in [4.78, 5) is 70.1. The summed E-state index contributed by atoms with van der Waals surface area (Å²) in [6, 6.07) is -0.870. The van der Waals surface area contributed by atoms with E-state index in [1.165, 1.54) is 6.92 Å². The smallest absolute Gasteiger partial charge is 0.320 e. The molecule has 0 radical (unpaired) electrons. The number of hydrogen-bond acceptors (Lipinski definition) is 12. The molecule has 44 heavy (non-hydrogen) atoms. The lowest BCUT2D eigenvalue weighted by Crippen LogP contribution is -2.52. The normalized spacial score (nSPS) is 18.4. The van der Waals surface area contributed by atoms with Gasteiger partial charge < -0.3 is 19.3 Å². The molecule has 0 bridgehead atoms. The fourth-order valence-electron chi connectivity index (χ4n) is 4.70. The van der Waals surface area contributed by atoms with Gasteiger partial charge in [-0.1, -0.05) is 0 Å². The molecular weight excluding hydrogens is 572 g/mol. The van der Waals surface area contributed by atoms with Crippen LogP contribution in [-0.4, -0.2) is 149 Å². The first-order chi connectivity index (χ1) is 20.0. The highest BCUT2D eigenvalue weighted by molar-refractivity contribution is 5.86. The van der Waals surface area contributed by atoms with Gasteiger partial charge in [0.2, 0.25) is 0 Å². The van der Waals surface area contributed by atoms with E-state index in [4.69, 9.17) is 14.2 Å². The van der Waals surface area contributed by atoms with E-state index >= 15 is 0 Å². The minimum atomic E-state index is -1.09. The van der Waals surface area contributed by atoms with Gasteiger partial charge in [-0.25, -0.2) is 0 Å². The zero-order chi connectivity index (χ0) is 33.9. The molecule has 13 nitrogen and oxygen atoms in total. The molecule has 1 saturated heterocycles. The van der Waals surface area contributed by atoms with Crippen LogP contribution in [0.5, 0.6) is 0 Å². The van der Waals surface area contributed by atoms with E-state index in [0.717, 1.165) is 0 Å². The lowest BCUT2D eigenvalue weighted by molar-refractivity contribution is -0.158. The Balaban J connectivity index is 3.34. The second-order valence-corrected chi connectivity index (χ2v) is 14.3. The van der Waals surface area contributed by atoms with Crippen LogP contribution in [0, 0.1) is 0 Å². The molecule has 1 heterocycles. The van der Waals surface area contributed by atoms with Gasteiger partial charge in [0.1, 0.15) is 22.6 Å². The van der Waals surface area contributed by atoms with Crippen LogP contribution in [0.15, 0.2) is 0 Å². The van der Waals surface area contributed by atoms with Gasteiger partial charge in [0.15, 0.2) is 0 Å². The van der Waals surface area contributed by atoms with Crippen molar-refractivity contribution in [3.05, 3.63) is 0 Å². The first-order valence-corrected chi connectivity index (χ1v) is 15.3. The molecule has 254 valence electrons. The van der Waals surface area contributed by atoms with Crippen molar-refractivity contribution in [2.24, 2.45) is 0 Å². The van der Waals surface area contributed by atoms with Gasteiger partial charge >= 0.3 is 23.9 Å². The van der Waals surface area contributed by atoms with Crippen molar-refractivity contribution in [2.45, 2.75) is 98.5 Å².